The van der Waals surface area contributed by atoms with Gasteiger partial charge in [-0.25, -0.2) is 5.90 Å². The van der Waals surface area contributed by atoms with E-state index < -0.39 is 36.1 Å². The number of nitro groups is 1. The van der Waals surface area contributed by atoms with Gasteiger partial charge in [0, 0.05) is 31.2 Å². The zero-order valence-corrected chi connectivity index (χ0v) is 13.5. The number of benzene rings is 1. The van der Waals surface area contributed by atoms with Gasteiger partial charge < -0.3 is 29.9 Å². The Morgan fingerprint density at radius 2 is 2.08 bits per heavy atom. The molecule has 0 aliphatic carbocycles. The molecule has 1 fully saturated rings. The van der Waals surface area contributed by atoms with Gasteiger partial charge in [0.15, 0.2) is 0 Å². The van der Waals surface area contributed by atoms with Crippen LogP contribution in [0.3, 0.4) is 0 Å². The fourth-order valence-corrected chi connectivity index (χ4v) is 2.28. The highest BCUT2D eigenvalue weighted by Crippen LogP contribution is 2.29. The monoisotopic (exact) mass is 362 g/mol. The average molecular weight is 362 g/mol. The summed E-state index contributed by atoms with van der Waals surface area (Å²) in [6.07, 6.45) is -4.31. The first-order valence-electron chi connectivity index (χ1n) is 7.29. The molecule has 1 aromatic carbocycles. The smallest absolute Gasteiger partial charge is 0.270 e. The third-order valence-electron chi connectivity index (χ3n) is 3.47. The van der Waals surface area contributed by atoms with Crippen LogP contribution in [-0.2, 0) is 16.2 Å². The van der Waals surface area contributed by atoms with Gasteiger partial charge in [0.2, 0.25) is 6.29 Å². The highest BCUT2D eigenvalue weighted by molar-refractivity contribution is 5.43. The van der Waals surface area contributed by atoms with Crippen molar-refractivity contribution >= 4 is 5.69 Å². The van der Waals surface area contributed by atoms with Crippen LogP contribution >= 0.6 is 0 Å². The first-order valence-corrected chi connectivity index (χ1v) is 7.29. The number of aliphatic hydroxyl groups is 4. The summed E-state index contributed by atoms with van der Waals surface area (Å²) in [7, 11) is 1.00. The lowest BCUT2D eigenvalue weighted by Crippen LogP contribution is -2.51. The number of nitrogens with two attached hydrogens (primary N) is 1. The third kappa shape index (κ3) is 5.57. The lowest BCUT2D eigenvalue weighted by molar-refractivity contribution is -0.385. The predicted octanol–water partition coefficient (Wildman–Crippen LogP) is -1.20. The SMILES string of the molecule is CO.NOCc1cc([N+](=O)[O-])ccc1O[C@H]1C[C@@H](O)[C@H](O)C(CO)O1. The summed E-state index contributed by atoms with van der Waals surface area (Å²) in [5.74, 6) is 5.24. The van der Waals surface area contributed by atoms with E-state index in [0.717, 1.165) is 7.11 Å². The molecule has 4 atom stereocenters. The van der Waals surface area contributed by atoms with Crippen molar-refractivity contribution in [3.8, 4) is 5.75 Å². The van der Waals surface area contributed by atoms with Gasteiger partial charge in [0.05, 0.1) is 24.2 Å². The molecule has 1 aromatic rings. The topological polar surface area (TPSA) is 178 Å². The van der Waals surface area contributed by atoms with E-state index in [1.807, 2.05) is 0 Å². The fourth-order valence-electron chi connectivity index (χ4n) is 2.28. The molecule has 0 spiro atoms. The minimum absolute atomic E-state index is 0.0302. The van der Waals surface area contributed by atoms with Gasteiger partial charge in [-0.2, -0.15) is 0 Å². The third-order valence-corrected chi connectivity index (χ3v) is 3.47. The van der Waals surface area contributed by atoms with Crippen molar-refractivity contribution in [2.45, 2.75) is 37.6 Å². The molecule has 0 radical (unpaired) electrons. The van der Waals surface area contributed by atoms with Crippen LogP contribution < -0.4 is 10.6 Å². The van der Waals surface area contributed by atoms with Crippen LogP contribution in [-0.4, -0.2) is 63.7 Å². The van der Waals surface area contributed by atoms with Crippen molar-refractivity contribution in [2.24, 2.45) is 5.90 Å². The normalized spacial score (nSPS) is 25.7. The standard InChI is InChI=1S/C13H18N2O8.CH4O/c14-21-6-7-3-8(15(19)20)1-2-10(7)22-12-4-9(17)13(18)11(5-16)23-12;1-2/h1-3,9,11-13,16-18H,4-6,14H2;2H,1H3/t9-,11?,12-,13+;/m1./s1. The summed E-state index contributed by atoms with van der Waals surface area (Å²) in [6.45, 7) is -0.616. The molecular formula is C14H22N2O9. The number of nitrogens with zero attached hydrogens (tertiary/aromatic N) is 1. The largest absolute Gasteiger partial charge is 0.464 e. The molecule has 1 heterocycles. The van der Waals surface area contributed by atoms with E-state index in [-0.39, 0.29) is 24.5 Å². The molecule has 142 valence electrons. The van der Waals surface area contributed by atoms with Crippen molar-refractivity contribution in [3.63, 3.8) is 0 Å². The highest BCUT2D eigenvalue weighted by atomic mass is 16.7. The summed E-state index contributed by atoms with van der Waals surface area (Å²) < 4.78 is 10.9. The van der Waals surface area contributed by atoms with E-state index in [2.05, 4.69) is 4.84 Å². The molecule has 1 unspecified atom stereocenters. The van der Waals surface area contributed by atoms with Gasteiger partial charge in [-0.05, 0) is 6.07 Å². The maximum absolute atomic E-state index is 10.8. The number of non-ortho nitro benzene ring substituents is 1. The number of hydrogen-bond donors (Lipinski definition) is 5. The molecule has 1 aliphatic rings. The van der Waals surface area contributed by atoms with Crippen LogP contribution in [0.5, 0.6) is 5.75 Å². The second kappa shape index (κ2) is 10.2. The molecule has 6 N–H and O–H groups in total. The highest BCUT2D eigenvalue weighted by Gasteiger charge is 2.37. The minimum atomic E-state index is -1.22. The Balaban J connectivity index is 0.00000151. The first-order chi connectivity index (χ1) is 12.0. The van der Waals surface area contributed by atoms with E-state index >= 15 is 0 Å². The van der Waals surface area contributed by atoms with E-state index in [0.29, 0.717) is 5.56 Å². The summed E-state index contributed by atoms with van der Waals surface area (Å²) in [5.41, 5.74) is 0.170. The summed E-state index contributed by atoms with van der Waals surface area (Å²) in [5, 5.41) is 46.4. The summed E-state index contributed by atoms with van der Waals surface area (Å²) >= 11 is 0. The average Bonchev–Trinajstić information content (AvgIpc) is 2.61. The van der Waals surface area contributed by atoms with E-state index in [9.17, 15) is 20.3 Å². The number of rotatable bonds is 6. The zero-order valence-electron chi connectivity index (χ0n) is 13.5. The van der Waals surface area contributed by atoms with Gasteiger partial charge in [-0.15, -0.1) is 0 Å². The van der Waals surface area contributed by atoms with Gasteiger partial charge >= 0.3 is 0 Å². The van der Waals surface area contributed by atoms with E-state index in [4.69, 9.17) is 25.6 Å². The molecular weight excluding hydrogens is 340 g/mol. The predicted molar refractivity (Wildman–Crippen MR) is 83.2 cm³/mol. The summed E-state index contributed by atoms with van der Waals surface area (Å²) in [4.78, 5) is 14.7. The van der Waals surface area contributed by atoms with Crippen LogP contribution in [0.1, 0.15) is 12.0 Å². The van der Waals surface area contributed by atoms with Crippen molar-refractivity contribution < 1.29 is 39.7 Å². The lowest BCUT2D eigenvalue weighted by atomic mass is 10.0. The van der Waals surface area contributed by atoms with Gasteiger partial charge in [0.25, 0.3) is 5.69 Å². The van der Waals surface area contributed by atoms with Crippen LogP contribution in [0.2, 0.25) is 0 Å². The van der Waals surface area contributed by atoms with Crippen molar-refractivity contribution in [1.82, 2.24) is 0 Å². The number of hydrogen-bond acceptors (Lipinski definition) is 10. The molecule has 11 nitrogen and oxygen atoms in total. The van der Waals surface area contributed by atoms with E-state index in [1.54, 1.807) is 0 Å². The van der Waals surface area contributed by atoms with Gasteiger partial charge in [0.1, 0.15) is 18.0 Å². The first kappa shape index (κ1) is 21.2. The zero-order chi connectivity index (χ0) is 19.0. The molecule has 1 saturated heterocycles. The molecule has 0 bridgehead atoms. The molecule has 0 amide bonds. The maximum Gasteiger partial charge on any atom is 0.270 e. The molecule has 0 saturated carbocycles. The Bertz CT molecular complexity index is 557. The van der Waals surface area contributed by atoms with Crippen LogP contribution in [0.25, 0.3) is 0 Å². The molecule has 11 heteroatoms. The second-order valence-corrected chi connectivity index (χ2v) is 5.06. The molecule has 2 rings (SSSR count). The Morgan fingerprint density at radius 1 is 1.40 bits per heavy atom. The fraction of sp³-hybridized carbons (Fsp3) is 0.571. The van der Waals surface area contributed by atoms with Crippen molar-refractivity contribution in [1.29, 1.82) is 0 Å². The van der Waals surface area contributed by atoms with Crippen LogP contribution in [0.4, 0.5) is 5.69 Å². The van der Waals surface area contributed by atoms with Crippen molar-refractivity contribution in [3.05, 3.63) is 33.9 Å². The van der Waals surface area contributed by atoms with Crippen LogP contribution in [0, 0.1) is 10.1 Å². The number of ether oxygens (including phenoxy) is 2. The van der Waals surface area contributed by atoms with Gasteiger partial charge in [-0.1, -0.05) is 0 Å². The number of aliphatic hydroxyl groups excluding tert-OH is 4. The Hall–Kier alpha value is -1.86. The Kier molecular flexibility index (Phi) is 8.65. The minimum Gasteiger partial charge on any atom is -0.464 e. The quantitative estimate of drug-likeness (QED) is 0.305. The van der Waals surface area contributed by atoms with E-state index in [1.165, 1.54) is 18.2 Å². The van der Waals surface area contributed by atoms with Crippen molar-refractivity contribution in [2.75, 3.05) is 13.7 Å². The summed E-state index contributed by atoms with van der Waals surface area (Å²) in [6, 6.07) is 3.86. The Labute approximate surface area is 143 Å². The molecule has 0 aromatic heterocycles. The lowest BCUT2D eigenvalue weighted by Gasteiger charge is -2.36. The van der Waals surface area contributed by atoms with Gasteiger partial charge in [-0.3, -0.25) is 15.0 Å². The Morgan fingerprint density at radius 3 is 2.64 bits per heavy atom. The molecule has 1 aliphatic heterocycles. The van der Waals surface area contributed by atoms with Crippen LogP contribution in [0.15, 0.2) is 18.2 Å². The second-order valence-electron chi connectivity index (χ2n) is 5.06. The maximum atomic E-state index is 10.8. The molecule has 25 heavy (non-hydrogen) atoms. The number of nitro benzene ring substituents is 1.